The SMILES string of the molecule is O=C(NC1CC1)c1ccnc(N2CCCC(C3NNCC3c3ccc(F)cc3)C2)c1. The number of anilines is 1. The van der Waals surface area contributed by atoms with Crippen LogP contribution in [0.4, 0.5) is 10.2 Å². The number of halogens is 1. The minimum atomic E-state index is -0.199. The molecule has 5 rings (SSSR count). The maximum atomic E-state index is 13.4. The van der Waals surface area contributed by atoms with E-state index in [1.807, 2.05) is 18.2 Å². The molecule has 3 heterocycles. The second-order valence-corrected chi connectivity index (χ2v) is 8.71. The molecule has 1 amide bonds. The molecule has 3 N–H and O–H groups in total. The molecule has 0 bridgehead atoms. The predicted molar refractivity (Wildman–Crippen MR) is 114 cm³/mol. The Morgan fingerprint density at radius 1 is 1.17 bits per heavy atom. The number of piperidine rings is 1. The third kappa shape index (κ3) is 4.18. The Balaban J connectivity index is 1.29. The lowest BCUT2D eigenvalue weighted by molar-refractivity contribution is 0.0951. The summed E-state index contributed by atoms with van der Waals surface area (Å²) in [6, 6.07) is 11.2. The van der Waals surface area contributed by atoms with Gasteiger partial charge in [-0.1, -0.05) is 12.1 Å². The Labute approximate surface area is 176 Å². The van der Waals surface area contributed by atoms with E-state index < -0.39 is 0 Å². The molecular weight excluding hydrogens is 381 g/mol. The minimum Gasteiger partial charge on any atom is -0.356 e. The maximum Gasteiger partial charge on any atom is 0.251 e. The summed E-state index contributed by atoms with van der Waals surface area (Å²) in [5.74, 6) is 1.41. The van der Waals surface area contributed by atoms with Crippen molar-refractivity contribution in [3.05, 3.63) is 59.5 Å². The first-order chi connectivity index (χ1) is 14.7. The van der Waals surface area contributed by atoms with Crippen LogP contribution in [0.3, 0.4) is 0 Å². The molecule has 1 aliphatic carbocycles. The highest BCUT2D eigenvalue weighted by atomic mass is 19.1. The van der Waals surface area contributed by atoms with Crippen LogP contribution >= 0.6 is 0 Å². The van der Waals surface area contributed by atoms with Crippen molar-refractivity contribution in [1.29, 1.82) is 0 Å². The van der Waals surface area contributed by atoms with E-state index in [4.69, 9.17) is 0 Å². The molecule has 2 aromatic rings. The summed E-state index contributed by atoms with van der Waals surface area (Å²) < 4.78 is 13.4. The number of carbonyl (C=O) groups excluding carboxylic acids is 1. The number of benzene rings is 1. The Hall–Kier alpha value is -2.51. The van der Waals surface area contributed by atoms with Gasteiger partial charge in [-0.15, -0.1) is 0 Å². The molecule has 158 valence electrons. The van der Waals surface area contributed by atoms with Gasteiger partial charge in [-0.2, -0.15) is 0 Å². The number of rotatable bonds is 5. The van der Waals surface area contributed by atoms with Crippen LogP contribution in [0.25, 0.3) is 0 Å². The number of nitrogens with zero attached hydrogens (tertiary/aromatic N) is 2. The standard InChI is InChI=1S/C23H28FN5O/c24-18-5-3-15(4-6-18)20-13-26-28-22(20)17-2-1-11-29(14-17)21-12-16(9-10-25-21)23(30)27-19-7-8-19/h3-6,9-10,12,17,19-20,22,26,28H,1-2,7-8,11,13-14H2,(H,27,30). The van der Waals surface area contributed by atoms with E-state index in [1.165, 1.54) is 0 Å². The fraction of sp³-hybridized carbons (Fsp3) is 0.478. The van der Waals surface area contributed by atoms with E-state index in [0.717, 1.165) is 56.7 Å². The lowest BCUT2D eigenvalue weighted by Gasteiger charge is -2.38. The highest BCUT2D eigenvalue weighted by Gasteiger charge is 2.37. The Morgan fingerprint density at radius 2 is 2.00 bits per heavy atom. The average molecular weight is 410 g/mol. The molecule has 2 aliphatic heterocycles. The monoisotopic (exact) mass is 409 g/mol. The zero-order chi connectivity index (χ0) is 20.5. The fourth-order valence-corrected chi connectivity index (χ4v) is 4.74. The van der Waals surface area contributed by atoms with Gasteiger partial charge in [0.15, 0.2) is 0 Å². The summed E-state index contributed by atoms with van der Waals surface area (Å²) >= 11 is 0. The Kier molecular flexibility index (Phi) is 5.39. The van der Waals surface area contributed by atoms with Crippen LogP contribution in [-0.2, 0) is 0 Å². The van der Waals surface area contributed by atoms with Crippen LogP contribution < -0.4 is 21.1 Å². The van der Waals surface area contributed by atoms with Gasteiger partial charge in [-0.05, 0) is 61.4 Å². The zero-order valence-electron chi connectivity index (χ0n) is 17.0. The van der Waals surface area contributed by atoms with Crippen LogP contribution in [0.2, 0.25) is 0 Å². The summed E-state index contributed by atoms with van der Waals surface area (Å²) in [6.45, 7) is 2.66. The number of hydrazine groups is 1. The van der Waals surface area contributed by atoms with Crippen LogP contribution in [0.15, 0.2) is 42.6 Å². The molecule has 30 heavy (non-hydrogen) atoms. The highest BCUT2D eigenvalue weighted by Crippen LogP contribution is 2.33. The first kappa shape index (κ1) is 19.5. The fourth-order valence-electron chi connectivity index (χ4n) is 4.74. The maximum absolute atomic E-state index is 13.4. The summed E-state index contributed by atoms with van der Waals surface area (Å²) in [5, 5.41) is 3.05. The molecule has 1 aromatic heterocycles. The van der Waals surface area contributed by atoms with E-state index >= 15 is 0 Å². The molecule has 0 radical (unpaired) electrons. The third-order valence-corrected chi connectivity index (χ3v) is 6.53. The van der Waals surface area contributed by atoms with Gasteiger partial charge in [0.2, 0.25) is 0 Å². The quantitative estimate of drug-likeness (QED) is 0.708. The van der Waals surface area contributed by atoms with E-state index in [-0.39, 0.29) is 17.8 Å². The topological polar surface area (TPSA) is 69.3 Å². The summed E-state index contributed by atoms with van der Waals surface area (Å²) in [5.41, 5.74) is 8.61. The second kappa shape index (κ2) is 8.32. The molecule has 3 fully saturated rings. The minimum absolute atomic E-state index is 0.00672. The van der Waals surface area contributed by atoms with Crippen molar-refractivity contribution >= 4 is 11.7 Å². The molecule has 3 aliphatic rings. The molecule has 1 aromatic carbocycles. The van der Waals surface area contributed by atoms with Crippen molar-refractivity contribution < 1.29 is 9.18 Å². The van der Waals surface area contributed by atoms with Gasteiger partial charge in [0.05, 0.1) is 0 Å². The number of hydrogen-bond acceptors (Lipinski definition) is 5. The molecule has 6 nitrogen and oxygen atoms in total. The predicted octanol–water partition coefficient (Wildman–Crippen LogP) is 2.59. The van der Waals surface area contributed by atoms with Crippen molar-refractivity contribution in [1.82, 2.24) is 21.2 Å². The number of hydrogen-bond donors (Lipinski definition) is 3. The lowest BCUT2D eigenvalue weighted by atomic mass is 9.81. The number of carbonyl (C=O) groups is 1. The number of pyridine rings is 1. The molecule has 0 spiro atoms. The summed E-state index contributed by atoms with van der Waals surface area (Å²) in [7, 11) is 0. The van der Waals surface area contributed by atoms with Gasteiger partial charge in [0.1, 0.15) is 11.6 Å². The third-order valence-electron chi connectivity index (χ3n) is 6.53. The molecule has 3 unspecified atom stereocenters. The normalized spacial score (nSPS) is 26.6. The lowest BCUT2D eigenvalue weighted by Crippen LogP contribution is -2.46. The van der Waals surface area contributed by atoms with Gasteiger partial charge in [-0.3, -0.25) is 15.6 Å². The van der Waals surface area contributed by atoms with Crippen LogP contribution in [-0.4, -0.2) is 42.6 Å². The van der Waals surface area contributed by atoms with Gasteiger partial charge < -0.3 is 10.2 Å². The Morgan fingerprint density at radius 3 is 2.80 bits per heavy atom. The first-order valence-electron chi connectivity index (χ1n) is 10.9. The average Bonchev–Trinajstić information content (AvgIpc) is 3.46. The first-order valence-corrected chi connectivity index (χ1v) is 10.9. The highest BCUT2D eigenvalue weighted by molar-refractivity contribution is 5.95. The largest absolute Gasteiger partial charge is 0.356 e. The van der Waals surface area contributed by atoms with Gasteiger partial charge in [0.25, 0.3) is 5.91 Å². The van der Waals surface area contributed by atoms with E-state index in [0.29, 0.717) is 23.4 Å². The van der Waals surface area contributed by atoms with E-state index in [2.05, 4.69) is 26.1 Å². The van der Waals surface area contributed by atoms with Gasteiger partial charge in [0, 0.05) is 49.4 Å². The zero-order valence-corrected chi connectivity index (χ0v) is 17.0. The number of amides is 1. The number of nitrogens with one attached hydrogen (secondary N) is 3. The van der Waals surface area contributed by atoms with E-state index in [1.54, 1.807) is 24.4 Å². The van der Waals surface area contributed by atoms with Crippen LogP contribution in [0.5, 0.6) is 0 Å². The van der Waals surface area contributed by atoms with Crippen molar-refractivity contribution in [2.75, 3.05) is 24.5 Å². The molecular formula is C23H28FN5O. The Bertz CT molecular complexity index is 901. The van der Waals surface area contributed by atoms with Gasteiger partial charge in [-0.25, -0.2) is 9.37 Å². The van der Waals surface area contributed by atoms with E-state index in [9.17, 15) is 9.18 Å². The van der Waals surface area contributed by atoms with Gasteiger partial charge >= 0.3 is 0 Å². The molecule has 7 heteroatoms. The van der Waals surface area contributed by atoms with Crippen molar-refractivity contribution in [2.24, 2.45) is 5.92 Å². The van der Waals surface area contributed by atoms with Crippen LogP contribution in [0, 0.1) is 11.7 Å². The van der Waals surface area contributed by atoms with Crippen molar-refractivity contribution in [3.63, 3.8) is 0 Å². The van der Waals surface area contributed by atoms with Crippen molar-refractivity contribution in [2.45, 2.75) is 43.7 Å². The molecule has 2 saturated heterocycles. The molecule has 3 atom stereocenters. The van der Waals surface area contributed by atoms with Crippen LogP contribution in [0.1, 0.15) is 47.5 Å². The second-order valence-electron chi connectivity index (χ2n) is 8.71. The summed E-state index contributed by atoms with van der Waals surface area (Å²) in [4.78, 5) is 19.3. The summed E-state index contributed by atoms with van der Waals surface area (Å²) in [6.07, 6.45) is 6.11. The smallest absolute Gasteiger partial charge is 0.251 e. The molecule has 1 saturated carbocycles. The van der Waals surface area contributed by atoms with Crippen molar-refractivity contribution in [3.8, 4) is 0 Å². The number of aromatic nitrogens is 1.